The molecule has 0 saturated heterocycles. The molecule has 0 unspecified atom stereocenters. The minimum absolute atomic E-state index is 0.116. The van der Waals surface area contributed by atoms with Gasteiger partial charge in [-0.15, -0.1) is 0 Å². The molecule has 1 amide bonds. The number of carboxylic acid groups (broad SMARTS) is 1. The maximum absolute atomic E-state index is 11.5. The van der Waals surface area contributed by atoms with Crippen LogP contribution in [-0.2, 0) is 4.79 Å². The summed E-state index contributed by atoms with van der Waals surface area (Å²) in [5.74, 6) is -1.13. The van der Waals surface area contributed by atoms with Crippen LogP contribution in [0, 0.1) is 0 Å². The first-order valence-electron chi connectivity index (χ1n) is 5.22. The fraction of sp³-hybridized carbons (Fsp3) is 0.364. The van der Waals surface area contributed by atoms with Crippen LogP contribution in [0.5, 0.6) is 0 Å². The van der Waals surface area contributed by atoms with Crippen molar-refractivity contribution in [3.63, 3.8) is 0 Å². The van der Waals surface area contributed by atoms with Crippen molar-refractivity contribution in [1.82, 2.24) is 10.3 Å². The van der Waals surface area contributed by atoms with Gasteiger partial charge in [-0.3, -0.25) is 9.59 Å². The van der Waals surface area contributed by atoms with Crippen LogP contribution in [0.3, 0.4) is 0 Å². The lowest BCUT2D eigenvalue weighted by molar-refractivity contribution is -0.137. The summed E-state index contributed by atoms with van der Waals surface area (Å²) in [5.41, 5.74) is 0.260. The molecule has 0 atom stereocenters. The summed E-state index contributed by atoms with van der Waals surface area (Å²) in [4.78, 5) is 25.6. The first-order chi connectivity index (χ1) is 8.09. The first kappa shape index (κ1) is 13.4. The molecule has 0 bridgehead atoms. The average molecular weight is 257 g/mol. The molecule has 0 fully saturated rings. The van der Waals surface area contributed by atoms with E-state index in [9.17, 15) is 9.59 Å². The van der Waals surface area contributed by atoms with E-state index >= 15 is 0 Å². The number of nitrogens with one attached hydrogen (secondary N) is 1. The van der Waals surface area contributed by atoms with Gasteiger partial charge in [-0.2, -0.15) is 0 Å². The third kappa shape index (κ3) is 5.31. The fourth-order valence-electron chi connectivity index (χ4n) is 1.23. The summed E-state index contributed by atoms with van der Waals surface area (Å²) in [5, 5.41) is 11.3. The van der Waals surface area contributed by atoms with Gasteiger partial charge in [0.1, 0.15) is 10.8 Å². The highest BCUT2D eigenvalue weighted by molar-refractivity contribution is 6.29. The molecule has 6 heteroatoms. The zero-order valence-corrected chi connectivity index (χ0v) is 9.91. The van der Waals surface area contributed by atoms with Crippen molar-refractivity contribution >= 4 is 23.5 Å². The van der Waals surface area contributed by atoms with Crippen LogP contribution in [-0.4, -0.2) is 28.5 Å². The summed E-state index contributed by atoms with van der Waals surface area (Å²) in [6.07, 6.45) is 1.28. The van der Waals surface area contributed by atoms with Crippen LogP contribution in [0.15, 0.2) is 18.2 Å². The van der Waals surface area contributed by atoms with Crippen LogP contribution in [0.2, 0.25) is 5.15 Å². The van der Waals surface area contributed by atoms with Gasteiger partial charge >= 0.3 is 5.97 Å². The summed E-state index contributed by atoms with van der Waals surface area (Å²) in [6, 6.07) is 4.80. The van der Waals surface area contributed by atoms with Crippen molar-refractivity contribution < 1.29 is 14.7 Å². The quantitative estimate of drug-likeness (QED) is 0.600. The molecule has 5 nitrogen and oxygen atoms in total. The van der Waals surface area contributed by atoms with Crippen molar-refractivity contribution in [2.75, 3.05) is 6.54 Å². The van der Waals surface area contributed by atoms with Gasteiger partial charge in [0.15, 0.2) is 0 Å². The minimum atomic E-state index is -0.826. The maximum atomic E-state index is 11.5. The number of pyridine rings is 1. The van der Waals surface area contributed by atoms with E-state index in [1.807, 2.05) is 0 Å². The zero-order chi connectivity index (χ0) is 12.7. The van der Waals surface area contributed by atoms with E-state index in [0.717, 1.165) is 0 Å². The van der Waals surface area contributed by atoms with Crippen molar-refractivity contribution in [2.24, 2.45) is 0 Å². The normalized spacial score (nSPS) is 9.94. The monoisotopic (exact) mass is 256 g/mol. The molecular formula is C11H13ClN2O3. The number of carbonyl (C=O) groups excluding carboxylic acids is 1. The Morgan fingerprint density at radius 1 is 1.35 bits per heavy atom. The first-order valence-corrected chi connectivity index (χ1v) is 5.60. The Kier molecular flexibility index (Phi) is 5.42. The van der Waals surface area contributed by atoms with Crippen molar-refractivity contribution in [1.29, 1.82) is 0 Å². The second-order valence-electron chi connectivity index (χ2n) is 3.45. The molecule has 0 aliphatic carbocycles. The Morgan fingerprint density at radius 2 is 2.12 bits per heavy atom. The topological polar surface area (TPSA) is 79.3 Å². The molecule has 17 heavy (non-hydrogen) atoms. The van der Waals surface area contributed by atoms with E-state index < -0.39 is 5.97 Å². The van der Waals surface area contributed by atoms with Gasteiger partial charge < -0.3 is 10.4 Å². The molecule has 92 valence electrons. The second kappa shape index (κ2) is 6.85. The highest BCUT2D eigenvalue weighted by atomic mass is 35.5. The number of unbranched alkanes of at least 4 members (excludes halogenated alkanes) is 1. The Hall–Kier alpha value is -1.62. The Labute approximate surface area is 104 Å². The molecule has 0 aromatic carbocycles. The number of nitrogens with zero attached hydrogens (tertiary/aromatic N) is 1. The lowest BCUT2D eigenvalue weighted by Crippen LogP contribution is -2.25. The molecule has 0 aliphatic rings. The van der Waals surface area contributed by atoms with E-state index in [4.69, 9.17) is 16.7 Å². The lowest BCUT2D eigenvalue weighted by Gasteiger charge is -2.03. The number of carbonyl (C=O) groups is 2. The SMILES string of the molecule is O=C(O)CCCCNC(=O)c1cccc(Cl)n1. The number of aliphatic carboxylic acids is 1. The van der Waals surface area contributed by atoms with Crippen molar-refractivity contribution in [3.8, 4) is 0 Å². The maximum Gasteiger partial charge on any atom is 0.303 e. The number of rotatable bonds is 6. The van der Waals surface area contributed by atoms with Gasteiger partial charge in [0.05, 0.1) is 0 Å². The molecule has 0 saturated carbocycles. The summed E-state index contributed by atoms with van der Waals surface area (Å²) in [7, 11) is 0. The van der Waals surface area contributed by atoms with E-state index in [0.29, 0.717) is 19.4 Å². The number of aromatic nitrogens is 1. The molecule has 1 heterocycles. The predicted molar refractivity (Wildman–Crippen MR) is 63.1 cm³/mol. The van der Waals surface area contributed by atoms with Crippen LogP contribution in [0.25, 0.3) is 0 Å². The Morgan fingerprint density at radius 3 is 2.76 bits per heavy atom. The van der Waals surface area contributed by atoms with Gasteiger partial charge in [0.2, 0.25) is 0 Å². The lowest BCUT2D eigenvalue weighted by atomic mass is 10.2. The highest BCUT2D eigenvalue weighted by Gasteiger charge is 2.06. The number of carboxylic acids is 1. The molecule has 1 aromatic rings. The summed E-state index contributed by atoms with van der Waals surface area (Å²) < 4.78 is 0. The van der Waals surface area contributed by atoms with E-state index in [1.54, 1.807) is 18.2 Å². The van der Waals surface area contributed by atoms with Gasteiger partial charge in [-0.25, -0.2) is 4.98 Å². The van der Waals surface area contributed by atoms with E-state index in [-0.39, 0.29) is 23.2 Å². The second-order valence-corrected chi connectivity index (χ2v) is 3.84. The van der Waals surface area contributed by atoms with Gasteiger partial charge in [0, 0.05) is 13.0 Å². The Bertz CT molecular complexity index is 409. The molecular weight excluding hydrogens is 244 g/mol. The molecule has 1 rings (SSSR count). The van der Waals surface area contributed by atoms with Crippen molar-refractivity contribution in [3.05, 3.63) is 29.0 Å². The molecule has 0 radical (unpaired) electrons. The average Bonchev–Trinajstić information content (AvgIpc) is 2.28. The molecule has 1 aromatic heterocycles. The number of amides is 1. The van der Waals surface area contributed by atoms with Crippen LogP contribution >= 0.6 is 11.6 Å². The highest BCUT2D eigenvalue weighted by Crippen LogP contribution is 2.04. The number of hydrogen-bond donors (Lipinski definition) is 2. The van der Waals surface area contributed by atoms with Crippen molar-refractivity contribution in [2.45, 2.75) is 19.3 Å². The third-order valence-corrected chi connectivity index (χ3v) is 2.26. The standard InChI is InChI=1S/C11H13ClN2O3/c12-9-5-3-4-8(14-9)11(17)13-7-2-1-6-10(15)16/h3-5H,1-2,6-7H2,(H,13,17)(H,15,16). The number of hydrogen-bond acceptors (Lipinski definition) is 3. The van der Waals surface area contributed by atoms with Gasteiger partial charge in [-0.05, 0) is 25.0 Å². The smallest absolute Gasteiger partial charge is 0.303 e. The predicted octanol–water partition coefficient (Wildman–Crippen LogP) is 1.72. The third-order valence-electron chi connectivity index (χ3n) is 2.05. The number of halogens is 1. The minimum Gasteiger partial charge on any atom is -0.481 e. The van der Waals surface area contributed by atoms with Crippen LogP contribution < -0.4 is 5.32 Å². The van der Waals surface area contributed by atoms with Gasteiger partial charge in [0.25, 0.3) is 5.91 Å². The molecule has 2 N–H and O–H groups in total. The summed E-state index contributed by atoms with van der Waals surface area (Å²) >= 11 is 5.65. The van der Waals surface area contributed by atoms with E-state index in [2.05, 4.69) is 10.3 Å². The van der Waals surface area contributed by atoms with E-state index in [1.165, 1.54) is 0 Å². The molecule has 0 spiro atoms. The Balaban J connectivity index is 2.28. The molecule has 0 aliphatic heterocycles. The zero-order valence-electron chi connectivity index (χ0n) is 9.15. The largest absolute Gasteiger partial charge is 0.481 e. The summed E-state index contributed by atoms with van der Waals surface area (Å²) in [6.45, 7) is 0.431. The fourth-order valence-corrected chi connectivity index (χ4v) is 1.39. The van der Waals surface area contributed by atoms with Gasteiger partial charge in [-0.1, -0.05) is 17.7 Å². The van der Waals surface area contributed by atoms with Crippen LogP contribution in [0.4, 0.5) is 0 Å². The van der Waals surface area contributed by atoms with Crippen LogP contribution in [0.1, 0.15) is 29.8 Å².